The topological polar surface area (TPSA) is 43.5 Å². The number of hydrogen-bond donors (Lipinski definition) is 1. The number of imidazole rings is 1. The van der Waals surface area contributed by atoms with Crippen molar-refractivity contribution in [1.29, 1.82) is 5.26 Å². The zero-order chi connectivity index (χ0) is 10.2. The molecule has 0 unspecified atom stereocenters. The molecule has 1 N–H and O–H groups in total. The second kappa shape index (κ2) is 6.50. The molecule has 0 saturated heterocycles. The number of aryl methyl sites for hydroxylation is 1. The van der Waals surface area contributed by atoms with Crippen LogP contribution < -0.4 is 4.57 Å². The molecule has 0 radical (unpaired) electrons. The van der Waals surface area contributed by atoms with Crippen molar-refractivity contribution in [1.82, 2.24) is 4.98 Å². The number of nitrogens with zero attached hydrogens (tertiary/aromatic N) is 2. The molecule has 0 aromatic carbocycles. The molecular weight excluding hydrogens is 194 g/mol. The number of thioether (sulfide) groups is 1. The van der Waals surface area contributed by atoms with E-state index in [-0.39, 0.29) is 0 Å². The molecule has 1 heterocycles. The minimum Gasteiger partial charge on any atom is -0.248 e. The van der Waals surface area contributed by atoms with Crippen LogP contribution in [0.25, 0.3) is 0 Å². The summed E-state index contributed by atoms with van der Waals surface area (Å²) in [5.74, 6) is 3.54. The Bertz CT molecular complexity index is 301. The van der Waals surface area contributed by atoms with E-state index in [0.717, 1.165) is 12.2 Å². The first-order chi connectivity index (χ1) is 6.88. The summed E-state index contributed by atoms with van der Waals surface area (Å²) < 4.78 is 1.97. The van der Waals surface area contributed by atoms with Gasteiger partial charge in [0.05, 0.1) is 0 Å². The Hall–Kier alpha value is -0.950. The summed E-state index contributed by atoms with van der Waals surface area (Å²) in [5, 5.41) is 8.58. The summed E-state index contributed by atoms with van der Waals surface area (Å²) >= 11 is 1.96. The van der Waals surface area contributed by atoms with Crippen LogP contribution in [0.15, 0.2) is 12.4 Å². The van der Waals surface area contributed by atoms with Crippen LogP contribution in [-0.2, 0) is 13.0 Å². The van der Waals surface area contributed by atoms with Crippen LogP contribution in [-0.4, -0.2) is 16.5 Å². The molecule has 0 saturated carbocycles. The third kappa shape index (κ3) is 3.43. The molecule has 76 valence electrons. The average Bonchev–Trinajstić information content (AvgIpc) is 2.61. The third-order valence-corrected chi connectivity index (χ3v) is 2.98. The minimum atomic E-state index is 0.444. The van der Waals surface area contributed by atoms with Crippen LogP contribution in [0.4, 0.5) is 0 Å². The summed E-state index contributed by atoms with van der Waals surface area (Å²) in [7, 11) is 0. The quantitative estimate of drug-likeness (QED) is 0.571. The second-order valence-electron chi connectivity index (χ2n) is 2.99. The van der Waals surface area contributed by atoms with E-state index in [2.05, 4.69) is 18.0 Å². The lowest BCUT2D eigenvalue weighted by atomic mass is 10.3. The Labute approximate surface area is 89.1 Å². The Kier molecular flexibility index (Phi) is 5.16. The molecule has 0 aliphatic heterocycles. The lowest BCUT2D eigenvalue weighted by Crippen LogP contribution is -2.35. The lowest BCUT2D eigenvalue weighted by Gasteiger charge is -1.96. The highest BCUT2D eigenvalue weighted by Gasteiger charge is 2.08. The van der Waals surface area contributed by atoms with Crippen LogP contribution in [0.2, 0.25) is 0 Å². The highest BCUT2D eigenvalue weighted by molar-refractivity contribution is 7.99. The number of nitriles is 1. The van der Waals surface area contributed by atoms with E-state index in [1.54, 1.807) is 0 Å². The van der Waals surface area contributed by atoms with Gasteiger partial charge in [-0.2, -0.15) is 17.0 Å². The van der Waals surface area contributed by atoms with Crippen LogP contribution >= 0.6 is 11.8 Å². The number of rotatable bonds is 6. The molecule has 0 atom stereocenters. The van der Waals surface area contributed by atoms with Gasteiger partial charge in [-0.05, 0) is 17.9 Å². The molecule has 1 aromatic heterocycles. The molecule has 4 heteroatoms. The van der Waals surface area contributed by atoms with E-state index in [0.29, 0.717) is 6.54 Å². The van der Waals surface area contributed by atoms with Gasteiger partial charge < -0.3 is 0 Å². The second-order valence-corrected chi connectivity index (χ2v) is 4.39. The van der Waals surface area contributed by atoms with Crippen LogP contribution in [0.3, 0.4) is 0 Å². The predicted molar refractivity (Wildman–Crippen MR) is 57.9 cm³/mol. The summed E-state index contributed by atoms with van der Waals surface area (Å²) in [5.41, 5.74) is 0. The largest absolute Gasteiger partial charge is 0.255 e. The molecule has 1 rings (SSSR count). The maximum atomic E-state index is 8.58. The minimum absolute atomic E-state index is 0.444. The zero-order valence-electron chi connectivity index (χ0n) is 8.49. The molecule has 1 aromatic rings. The summed E-state index contributed by atoms with van der Waals surface area (Å²) in [4.78, 5) is 3.17. The molecule has 3 nitrogen and oxygen atoms in total. The van der Waals surface area contributed by atoms with Gasteiger partial charge in [-0.25, -0.2) is 9.55 Å². The zero-order valence-corrected chi connectivity index (χ0v) is 9.31. The first-order valence-electron chi connectivity index (χ1n) is 4.89. The summed E-state index contributed by atoms with van der Waals surface area (Å²) in [6.07, 6.45) is 6.01. The van der Waals surface area contributed by atoms with Gasteiger partial charge in [0.2, 0.25) is 0 Å². The van der Waals surface area contributed by atoms with Gasteiger partial charge in [0.15, 0.2) is 6.54 Å². The third-order valence-electron chi connectivity index (χ3n) is 2.00. The monoisotopic (exact) mass is 210 g/mol. The van der Waals surface area contributed by atoms with Crippen molar-refractivity contribution in [2.24, 2.45) is 0 Å². The van der Waals surface area contributed by atoms with Crippen molar-refractivity contribution >= 4 is 11.8 Å². The number of hydrogen-bond acceptors (Lipinski definition) is 2. The van der Waals surface area contributed by atoms with Crippen molar-refractivity contribution in [3.05, 3.63) is 18.2 Å². The fourth-order valence-electron chi connectivity index (χ4n) is 1.32. The standard InChI is InChI=1S/C10H15N3S/c1-2-14-9-3-4-10-12-6-8-13(10)7-5-11/h6,8H,2-4,7,9H2,1H3/p+1. The molecule has 0 aliphatic rings. The van der Waals surface area contributed by atoms with Crippen molar-refractivity contribution in [3.8, 4) is 6.07 Å². The van der Waals surface area contributed by atoms with E-state index in [4.69, 9.17) is 5.26 Å². The van der Waals surface area contributed by atoms with Gasteiger partial charge in [0.25, 0.3) is 5.82 Å². The number of H-pyrrole nitrogens is 1. The lowest BCUT2D eigenvalue weighted by molar-refractivity contribution is -0.691. The number of aromatic nitrogens is 2. The van der Waals surface area contributed by atoms with Crippen LogP contribution in [0, 0.1) is 11.3 Å². The van der Waals surface area contributed by atoms with E-state index >= 15 is 0 Å². The van der Waals surface area contributed by atoms with E-state index in [9.17, 15) is 0 Å². The van der Waals surface area contributed by atoms with Crippen molar-refractivity contribution < 1.29 is 4.57 Å². The van der Waals surface area contributed by atoms with Gasteiger partial charge >= 0.3 is 0 Å². The van der Waals surface area contributed by atoms with Crippen molar-refractivity contribution in [2.45, 2.75) is 26.3 Å². The molecule has 0 bridgehead atoms. The van der Waals surface area contributed by atoms with Crippen molar-refractivity contribution in [2.75, 3.05) is 11.5 Å². The highest BCUT2D eigenvalue weighted by Crippen LogP contribution is 2.03. The molecule has 14 heavy (non-hydrogen) atoms. The number of nitrogens with one attached hydrogen (secondary N) is 1. The van der Waals surface area contributed by atoms with Gasteiger partial charge in [0, 0.05) is 6.42 Å². The van der Waals surface area contributed by atoms with Crippen LogP contribution in [0.5, 0.6) is 0 Å². The van der Waals surface area contributed by atoms with Gasteiger partial charge in [-0.15, -0.1) is 0 Å². The average molecular weight is 210 g/mol. The van der Waals surface area contributed by atoms with E-state index in [1.807, 2.05) is 28.7 Å². The maximum Gasteiger partial charge on any atom is 0.255 e. The first-order valence-corrected chi connectivity index (χ1v) is 6.04. The summed E-state index contributed by atoms with van der Waals surface area (Å²) in [6.45, 7) is 2.62. The normalized spacial score (nSPS) is 10.0. The Morgan fingerprint density at radius 2 is 2.50 bits per heavy atom. The Morgan fingerprint density at radius 3 is 3.21 bits per heavy atom. The molecule has 0 spiro atoms. The van der Waals surface area contributed by atoms with Gasteiger partial charge in [0.1, 0.15) is 18.5 Å². The smallest absolute Gasteiger partial charge is 0.248 e. The Morgan fingerprint density at radius 1 is 1.64 bits per heavy atom. The molecule has 0 fully saturated rings. The fraction of sp³-hybridized carbons (Fsp3) is 0.600. The molecule has 0 amide bonds. The maximum absolute atomic E-state index is 8.58. The highest BCUT2D eigenvalue weighted by atomic mass is 32.2. The van der Waals surface area contributed by atoms with Crippen molar-refractivity contribution in [3.63, 3.8) is 0 Å². The molecular formula is C10H16N3S+. The van der Waals surface area contributed by atoms with Gasteiger partial charge in [-0.1, -0.05) is 6.92 Å². The van der Waals surface area contributed by atoms with Gasteiger partial charge in [-0.3, -0.25) is 0 Å². The predicted octanol–water partition coefficient (Wildman–Crippen LogP) is 1.51. The van der Waals surface area contributed by atoms with E-state index in [1.165, 1.54) is 17.9 Å². The summed E-state index contributed by atoms with van der Waals surface area (Å²) in [6, 6.07) is 2.15. The van der Waals surface area contributed by atoms with Crippen LogP contribution in [0.1, 0.15) is 19.2 Å². The fourth-order valence-corrected chi connectivity index (χ4v) is 1.96. The first kappa shape index (κ1) is 11.1. The number of aromatic amines is 1. The SMILES string of the molecule is CCSCCCc1[nH]cc[n+]1CC#N. The Balaban J connectivity index is 2.35. The molecule has 0 aliphatic carbocycles. The van der Waals surface area contributed by atoms with E-state index < -0.39 is 0 Å².